The fraction of sp³-hybridized carbons (Fsp3) is 0.333. The first-order chi connectivity index (χ1) is 15.0. The summed E-state index contributed by atoms with van der Waals surface area (Å²) in [5.41, 5.74) is 2.07. The van der Waals surface area contributed by atoms with Crippen LogP contribution in [-0.2, 0) is 16.0 Å². The summed E-state index contributed by atoms with van der Waals surface area (Å²) >= 11 is 0. The van der Waals surface area contributed by atoms with Gasteiger partial charge in [-0.2, -0.15) is 0 Å². The molecule has 0 saturated carbocycles. The Kier molecular flexibility index (Phi) is 5.59. The molecule has 1 amide bonds. The number of para-hydroxylation sites is 1. The number of hydrogen-bond acceptors (Lipinski definition) is 6. The highest BCUT2D eigenvalue weighted by molar-refractivity contribution is 6.46. The first kappa shape index (κ1) is 20.8. The van der Waals surface area contributed by atoms with Gasteiger partial charge in [-0.3, -0.25) is 9.59 Å². The number of nitrogens with zero attached hydrogens (tertiary/aromatic N) is 1. The van der Waals surface area contributed by atoms with Crippen molar-refractivity contribution in [2.75, 3.05) is 27.4 Å². The molecule has 7 heteroatoms. The number of carbonyl (C=O) groups excluding carboxylic acids is 2. The lowest BCUT2D eigenvalue weighted by molar-refractivity contribution is -0.139. The number of carbonyl (C=O) groups is 2. The lowest BCUT2D eigenvalue weighted by Crippen LogP contribution is -2.30. The van der Waals surface area contributed by atoms with Crippen molar-refractivity contribution in [2.45, 2.75) is 25.8 Å². The Morgan fingerprint density at radius 2 is 2.00 bits per heavy atom. The van der Waals surface area contributed by atoms with E-state index >= 15 is 0 Å². The monoisotopic (exact) mass is 423 g/mol. The standard InChI is InChI=1S/C24H25NO6/c1-4-11-25-20(16-6-5-7-18(29-2)23(16)30-3)19(22(27)24(25)28)21(26)15-8-9-17-14(13-15)10-12-31-17/h5-9,13,20,26H,4,10-12H2,1-3H3/b21-19+. The zero-order valence-corrected chi connectivity index (χ0v) is 17.8. The van der Waals surface area contributed by atoms with Gasteiger partial charge in [0.1, 0.15) is 11.5 Å². The number of hydrogen-bond donors (Lipinski definition) is 1. The predicted octanol–water partition coefficient (Wildman–Crippen LogP) is 3.47. The summed E-state index contributed by atoms with van der Waals surface area (Å²) in [5, 5.41) is 11.2. The average Bonchev–Trinajstić information content (AvgIpc) is 3.36. The zero-order chi connectivity index (χ0) is 22.1. The van der Waals surface area contributed by atoms with Gasteiger partial charge in [0, 0.05) is 24.1 Å². The molecule has 4 rings (SSSR count). The highest BCUT2D eigenvalue weighted by Gasteiger charge is 2.47. The van der Waals surface area contributed by atoms with Crippen molar-refractivity contribution < 1.29 is 28.9 Å². The second-order valence-corrected chi connectivity index (χ2v) is 7.50. The first-order valence-corrected chi connectivity index (χ1v) is 10.3. The van der Waals surface area contributed by atoms with Crippen LogP contribution in [0.4, 0.5) is 0 Å². The van der Waals surface area contributed by atoms with Crippen LogP contribution in [0.15, 0.2) is 42.0 Å². The van der Waals surface area contributed by atoms with Gasteiger partial charge in [-0.1, -0.05) is 19.1 Å². The van der Waals surface area contributed by atoms with Crippen LogP contribution in [0.1, 0.15) is 36.1 Å². The summed E-state index contributed by atoms with van der Waals surface area (Å²) in [7, 11) is 3.03. The molecule has 7 nitrogen and oxygen atoms in total. The third-order valence-corrected chi connectivity index (χ3v) is 5.70. The van der Waals surface area contributed by atoms with Crippen molar-refractivity contribution in [1.29, 1.82) is 0 Å². The van der Waals surface area contributed by atoms with E-state index in [4.69, 9.17) is 14.2 Å². The molecule has 0 aromatic heterocycles. The highest BCUT2D eigenvalue weighted by atomic mass is 16.5. The van der Waals surface area contributed by atoms with Crippen LogP contribution in [0, 0.1) is 0 Å². The van der Waals surface area contributed by atoms with E-state index in [-0.39, 0.29) is 11.3 Å². The van der Waals surface area contributed by atoms with Gasteiger partial charge in [0.25, 0.3) is 11.7 Å². The Labute approximate surface area is 180 Å². The third-order valence-electron chi connectivity index (χ3n) is 5.70. The Morgan fingerprint density at radius 1 is 1.19 bits per heavy atom. The topological polar surface area (TPSA) is 85.3 Å². The summed E-state index contributed by atoms with van der Waals surface area (Å²) in [6.45, 7) is 2.88. The van der Waals surface area contributed by atoms with E-state index in [1.807, 2.05) is 13.0 Å². The molecule has 0 aliphatic carbocycles. The minimum atomic E-state index is -0.783. The van der Waals surface area contributed by atoms with Crippen molar-refractivity contribution in [3.8, 4) is 17.2 Å². The molecule has 2 heterocycles. The van der Waals surface area contributed by atoms with Gasteiger partial charge in [0.05, 0.1) is 32.4 Å². The molecule has 2 aliphatic rings. The van der Waals surface area contributed by atoms with Gasteiger partial charge < -0.3 is 24.2 Å². The predicted molar refractivity (Wildman–Crippen MR) is 114 cm³/mol. The van der Waals surface area contributed by atoms with Gasteiger partial charge in [-0.25, -0.2) is 0 Å². The summed E-state index contributed by atoms with van der Waals surface area (Å²) in [5.74, 6) is 0.124. The normalized spacial score (nSPS) is 19.3. The van der Waals surface area contributed by atoms with Crippen LogP contribution in [0.3, 0.4) is 0 Å². The molecule has 0 radical (unpaired) electrons. The van der Waals surface area contributed by atoms with Crippen LogP contribution in [0.25, 0.3) is 5.76 Å². The molecule has 1 fully saturated rings. The molecule has 1 atom stereocenters. The van der Waals surface area contributed by atoms with Gasteiger partial charge in [0.15, 0.2) is 11.5 Å². The van der Waals surface area contributed by atoms with Crippen LogP contribution in [-0.4, -0.2) is 49.1 Å². The van der Waals surface area contributed by atoms with E-state index in [0.29, 0.717) is 42.2 Å². The smallest absolute Gasteiger partial charge is 0.295 e. The molecule has 31 heavy (non-hydrogen) atoms. The van der Waals surface area contributed by atoms with Crippen molar-refractivity contribution in [2.24, 2.45) is 0 Å². The number of Topliss-reactive ketones (excluding diaryl/α,β-unsaturated/α-hetero) is 1. The van der Waals surface area contributed by atoms with E-state index in [1.54, 1.807) is 30.3 Å². The lowest BCUT2D eigenvalue weighted by Gasteiger charge is -2.26. The summed E-state index contributed by atoms with van der Waals surface area (Å²) < 4.78 is 16.5. The van der Waals surface area contributed by atoms with Crippen molar-refractivity contribution in [3.05, 3.63) is 58.7 Å². The summed E-state index contributed by atoms with van der Waals surface area (Å²) in [4.78, 5) is 27.5. The molecule has 1 unspecified atom stereocenters. The fourth-order valence-electron chi connectivity index (χ4n) is 4.29. The largest absolute Gasteiger partial charge is 0.507 e. The van der Waals surface area contributed by atoms with E-state index in [2.05, 4.69) is 0 Å². The second-order valence-electron chi connectivity index (χ2n) is 7.50. The number of likely N-dealkylation sites (tertiary alicyclic amines) is 1. The summed E-state index contributed by atoms with van der Waals surface area (Å²) in [6, 6.07) is 9.81. The van der Waals surface area contributed by atoms with Crippen molar-refractivity contribution in [3.63, 3.8) is 0 Å². The van der Waals surface area contributed by atoms with Crippen LogP contribution < -0.4 is 14.2 Å². The van der Waals surface area contributed by atoms with E-state index in [1.165, 1.54) is 19.1 Å². The first-order valence-electron chi connectivity index (χ1n) is 10.3. The number of aliphatic hydroxyl groups excluding tert-OH is 1. The van der Waals surface area contributed by atoms with Crippen LogP contribution in [0.2, 0.25) is 0 Å². The minimum Gasteiger partial charge on any atom is -0.507 e. The molecule has 2 aromatic carbocycles. The number of aliphatic hydroxyl groups is 1. The Balaban J connectivity index is 1.92. The maximum atomic E-state index is 13.1. The van der Waals surface area contributed by atoms with Crippen LogP contribution >= 0.6 is 0 Å². The number of ether oxygens (including phenoxy) is 3. The fourth-order valence-corrected chi connectivity index (χ4v) is 4.29. The van der Waals surface area contributed by atoms with Gasteiger partial charge >= 0.3 is 0 Å². The minimum absolute atomic E-state index is 0.0452. The SMILES string of the molecule is CCCN1C(=O)C(=O)/C(=C(/O)c2ccc3c(c2)CCO3)C1c1cccc(OC)c1OC. The van der Waals surface area contributed by atoms with E-state index < -0.39 is 17.7 Å². The second kappa shape index (κ2) is 8.34. The maximum Gasteiger partial charge on any atom is 0.295 e. The number of fused-ring (bicyclic) bond motifs is 1. The molecule has 1 N–H and O–H groups in total. The molecule has 0 spiro atoms. The van der Waals surface area contributed by atoms with E-state index in [9.17, 15) is 14.7 Å². The quantitative estimate of drug-likeness (QED) is 0.435. The van der Waals surface area contributed by atoms with Gasteiger partial charge in [-0.05, 0) is 36.2 Å². The molecule has 2 aliphatic heterocycles. The van der Waals surface area contributed by atoms with Crippen molar-refractivity contribution >= 4 is 17.4 Å². The average molecular weight is 423 g/mol. The Bertz CT molecular complexity index is 1070. The molecule has 2 aromatic rings. The summed E-state index contributed by atoms with van der Waals surface area (Å²) in [6.07, 6.45) is 1.39. The Hall–Kier alpha value is -3.48. The van der Waals surface area contributed by atoms with Crippen LogP contribution in [0.5, 0.6) is 17.2 Å². The highest BCUT2D eigenvalue weighted by Crippen LogP contribution is 2.45. The number of amides is 1. The number of methoxy groups -OCH3 is 2. The Morgan fingerprint density at radius 3 is 2.71 bits per heavy atom. The van der Waals surface area contributed by atoms with Gasteiger partial charge in [-0.15, -0.1) is 0 Å². The number of benzene rings is 2. The van der Waals surface area contributed by atoms with Crippen molar-refractivity contribution in [1.82, 2.24) is 4.90 Å². The molecular weight excluding hydrogens is 398 g/mol. The molecule has 0 bridgehead atoms. The number of ketones is 1. The molecule has 1 saturated heterocycles. The maximum absolute atomic E-state index is 13.1. The third kappa shape index (κ3) is 3.40. The van der Waals surface area contributed by atoms with E-state index in [0.717, 1.165) is 17.7 Å². The molecule has 162 valence electrons. The van der Waals surface area contributed by atoms with Gasteiger partial charge in [0.2, 0.25) is 0 Å². The lowest BCUT2D eigenvalue weighted by atomic mass is 9.93. The number of rotatable bonds is 6. The zero-order valence-electron chi connectivity index (χ0n) is 17.8. The molecular formula is C24H25NO6.